The molecular formula is C15H18N4. The molecule has 1 aromatic carbocycles. The Bertz CT molecular complexity index is 566. The zero-order valence-electron chi connectivity index (χ0n) is 10.9. The molecule has 0 unspecified atom stereocenters. The summed E-state index contributed by atoms with van der Waals surface area (Å²) in [5.74, 6) is 1.77. The van der Waals surface area contributed by atoms with Crippen LogP contribution < -0.4 is 11.1 Å². The van der Waals surface area contributed by atoms with Gasteiger partial charge in [-0.3, -0.25) is 0 Å². The third-order valence-corrected chi connectivity index (χ3v) is 3.40. The molecule has 0 atom stereocenters. The third-order valence-electron chi connectivity index (χ3n) is 3.40. The van der Waals surface area contributed by atoms with E-state index in [1.807, 2.05) is 30.3 Å². The summed E-state index contributed by atoms with van der Waals surface area (Å²) in [5, 5.41) is 3.33. The summed E-state index contributed by atoms with van der Waals surface area (Å²) in [6, 6.07) is 10.1. The van der Waals surface area contributed by atoms with Crippen LogP contribution in [0.15, 0.2) is 30.3 Å². The molecule has 3 rings (SSSR count). The zero-order chi connectivity index (χ0) is 13.1. The predicted octanol–water partition coefficient (Wildman–Crippen LogP) is 2.00. The molecule has 0 saturated heterocycles. The van der Waals surface area contributed by atoms with Gasteiger partial charge in [-0.05, 0) is 19.3 Å². The topological polar surface area (TPSA) is 63.8 Å². The van der Waals surface area contributed by atoms with Crippen molar-refractivity contribution in [2.75, 3.05) is 18.4 Å². The molecule has 19 heavy (non-hydrogen) atoms. The van der Waals surface area contributed by atoms with Crippen molar-refractivity contribution in [3.8, 4) is 11.4 Å². The Morgan fingerprint density at radius 3 is 2.74 bits per heavy atom. The molecular weight excluding hydrogens is 236 g/mol. The number of hydrogen-bond acceptors (Lipinski definition) is 4. The van der Waals surface area contributed by atoms with Crippen LogP contribution in [0, 0.1) is 0 Å². The van der Waals surface area contributed by atoms with Crippen LogP contribution in [0.3, 0.4) is 0 Å². The van der Waals surface area contributed by atoms with Crippen molar-refractivity contribution in [1.29, 1.82) is 0 Å². The average molecular weight is 254 g/mol. The Morgan fingerprint density at radius 2 is 1.95 bits per heavy atom. The molecule has 0 fully saturated rings. The second kappa shape index (κ2) is 5.36. The molecule has 0 saturated carbocycles. The largest absolute Gasteiger partial charge is 0.368 e. The van der Waals surface area contributed by atoms with E-state index in [9.17, 15) is 0 Å². The van der Waals surface area contributed by atoms with Crippen LogP contribution in [0.2, 0.25) is 0 Å². The molecule has 1 aliphatic rings. The number of hydrogen-bond donors (Lipinski definition) is 2. The lowest BCUT2D eigenvalue weighted by Gasteiger charge is -2.11. The Morgan fingerprint density at radius 1 is 1.11 bits per heavy atom. The molecule has 1 aromatic heterocycles. The van der Waals surface area contributed by atoms with E-state index in [2.05, 4.69) is 10.3 Å². The minimum atomic E-state index is 0.611. The molecule has 3 N–H and O–H groups in total. The third kappa shape index (κ3) is 2.44. The molecule has 1 heterocycles. The number of rotatable bonds is 4. The normalized spacial score (nSPS) is 13.3. The van der Waals surface area contributed by atoms with Crippen molar-refractivity contribution in [2.45, 2.75) is 19.3 Å². The van der Waals surface area contributed by atoms with Crippen molar-refractivity contribution in [3.63, 3.8) is 0 Å². The fraction of sp³-hybridized carbons (Fsp3) is 0.333. The highest BCUT2D eigenvalue weighted by Gasteiger charge is 2.19. The van der Waals surface area contributed by atoms with E-state index in [-0.39, 0.29) is 0 Å². The van der Waals surface area contributed by atoms with Gasteiger partial charge >= 0.3 is 0 Å². The number of nitrogens with one attached hydrogen (secondary N) is 1. The number of nitrogens with two attached hydrogens (primary N) is 1. The van der Waals surface area contributed by atoms with Gasteiger partial charge in [0.05, 0.1) is 0 Å². The fourth-order valence-electron chi connectivity index (χ4n) is 2.49. The van der Waals surface area contributed by atoms with Crippen molar-refractivity contribution < 1.29 is 0 Å². The number of nitrogens with zero attached hydrogens (tertiary/aromatic N) is 2. The van der Waals surface area contributed by atoms with Crippen LogP contribution in [-0.2, 0) is 12.8 Å². The molecule has 4 heteroatoms. The summed E-state index contributed by atoms with van der Waals surface area (Å²) in [6.45, 7) is 1.36. The number of benzene rings is 1. The minimum Gasteiger partial charge on any atom is -0.368 e. The number of aromatic nitrogens is 2. The quantitative estimate of drug-likeness (QED) is 0.876. The van der Waals surface area contributed by atoms with Gasteiger partial charge in [-0.15, -0.1) is 0 Å². The fourth-order valence-corrected chi connectivity index (χ4v) is 2.49. The molecule has 0 radical (unpaired) electrons. The molecule has 1 aliphatic carbocycles. The van der Waals surface area contributed by atoms with Crippen molar-refractivity contribution in [1.82, 2.24) is 9.97 Å². The first-order chi connectivity index (χ1) is 9.38. The van der Waals surface area contributed by atoms with E-state index in [0.29, 0.717) is 6.54 Å². The summed E-state index contributed by atoms with van der Waals surface area (Å²) in [5.41, 5.74) is 9.09. The predicted molar refractivity (Wildman–Crippen MR) is 77.0 cm³/mol. The first-order valence-corrected chi connectivity index (χ1v) is 6.77. The maximum absolute atomic E-state index is 5.56. The van der Waals surface area contributed by atoms with Crippen LogP contribution in [-0.4, -0.2) is 23.1 Å². The second-order valence-electron chi connectivity index (χ2n) is 4.76. The summed E-state index contributed by atoms with van der Waals surface area (Å²) < 4.78 is 0. The lowest BCUT2D eigenvalue weighted by molar-refractivity contribution is 0.899. The highest BCUT2D eigenvalue weighted by Crippen LogP contribution is 2.28. The summed E-state index contributed by atoms with van der Waals surface area (Å²) >= 11 is 0. The number of anilines is 1. The van der Waals surface area contributed by atoms with Gasteiger partial charge < -0.3 is 11.1 Å². The Labute approximate surface area is 113 Å². The van der Waals surface area contributed by atoms with E-state index in [0.717, 1.165) is 36.6 Å². The zero-order valence-corrected chi connectivity index (χ0v) is 10.9. The maximum atomic E-state index is 5.56. The van der Waals surface area contributed by atoms with E-state index >= 15 is 0 Å². The lowest BCUT2D eigenvalue weighted by Crippen LogP contribution is -2.16. The van der Waals surface area contributed by atoms with Crippen molar-refractivity contribution in [2.24, 2.45) is 5.73 Å². The average Bonchev–Trinajstić information content (AvgIpc) is 2.94. The van der Waals surface area contributed by atoms with Gasteiger partial charge in [0.15, 0.2) is 5.82 Å². The highest BCUT2D eigenvalue weighted by atomic mass is 15.0. The maximum Gasteiger partial charge on any atom is 0.161 e. The van der Waals surface area contributed by atoms with Gasteiger partial charge in [0.25, 0.3) is 0 Å². The summed E-state index contributed by atoms with van der Waals surface area (Å²) in [6.07, 6.45) is 3.28. The molecule has 2 aromatic rings. The van der Waals surface area contributed by atoms with E-state index in [1.54, 1.807) is 0 Å². The Balaban J connectivity index is 2.02. The van der Waals surface area contributed by atoms with Crippen LogP contribution in [0.25, 0.3) is 11.4 Å². The monoisotopic (exact) mass is 254 g/mol. The van der Waals surface area contributed by atoms with Gasteiger partial charge in [-0.2, -0.15) is 0 Å². The molecule has 0 amide bonds. The first kappa shape index (κ1) is 12.1. The SMILES string of the molecule is NCCNc1nc(-c2ccccc2)nc2c1CCC2. The summed E-state index contributed by atoms with van der Waals surface area (Å²) in [4.78, 5) is 9.38. The van der Waals surface area contributed by atoms with Gasteiger partial charge in [0, 0.05) is 29.9 Å². The Kier molecular flexibility index (Phi) is 3.42. The number of fused-ring (bicyclic) bond motifs is 1. The molecule has 0 bridgehead atoms. The smallest absolute Gasteiger partial charge is 0.161 e. The van der Waals surface area contributed by atoms with Crippen LogP contribution in [0.4, 0.5) is 5.82 Å². The lowest BCUT2D eigenvalue weighted by atomic mass is 10.2. The second-order valence-corrected chi connectivity index (χ2v) is 4.76. The minimum absolute atomic E-state index is 0.611. The molecule has 4 nitrogen and oxygen atoms in total. The van der Waals surface area contributed by atoms with Crippen molar-refractivity contribution in [3.05, 3.63) is 41.6 Å². The van der Waals surface area contributed by atoms with Crippen LogP contribution >= 0.6 is 0 Å². The Hall–Kier alpha value is -1.94. The van der Waals surface area contributed by atoms with Crippen molar-refractivity contribution >= 4 is 5.82 Å². The molecule has 0 spiro atoms. The van der Waals surface area contributed by atoms with E-state index < -0.39 is 0 Å². The number of aryl methyl sites for hydroxylation is 1. The molecule has 0 aliphatic heterocycles. The van der Waals surface area contributed by atoms with E-state index in [4.69, 9.17) is 10.7 Å². The standard InChI is InChI=1S/C15H18N4/c16-9-10-17-15-12-7-4-8-13(12)18-14(19-15)11-5-2-1-3-6-11/h1-3,5-6H,4,7-10,16H2,(H,17,18,19). The van der Waals surface area contributed by atoms with Gasteiger partial charge in [-0.1, -0.05) is 30.3 Å². The summed E-state index contributed by atoms with van der Waals surface area (Å²) in [7, 11) is 0. The van der Waals surface area contributed by atoms with Crippen LogP contribution in [0.5, 0.6) is 0 Å². The van der Waals surface area contributed by atoms with Gasteiger partial charge in [0.1, 0.15) is 5.82 Å². The van der Waals surface area contributed by atoms with Crippen LogP contribution in [0.1, 0.15) is 17.7 Å². The van der Waals surface area contributed by atoms with Gasteiger partial charge in [-0.25, -0.2) is 9.97 Å². The van der Waals surface area contributed by atoms with E-state index in [1.165, 1.54) is 17.7 Å². The van der Waals surface area contributed by atoms with Gasteiger partial charge in [0.2, 0.25) is 0 Å². The first-order valence-electron chi connectivity index (χ1n) is 6.77. The molecule has 98 valence electrons. The highest BCUT2D eigenvalue weighted by molar-refractivity contribution is 5.60.